The van der Waals surface area contributed by atoms with Crippen LogP contribution in [-0.2, 0) is 10.2 Å². The maximum atomic E-state index is 12.0. The summed E-state index contributed by atoms with van der Waals surface area (Å²) < 4.78 is 5.24. The van der Waals surface area contributed by atoms with Crippen LogP contribution in [0.25, 0.3) is 0 Å². The first-order valence-corrected chi connectivity index (χ1v) is 7.37. The molecule has 2 heteroatoms. The van der Waals surface area contributed by atoms with E-state index in [2.05, 4.69) is 43.3 Å². The lowest BCUT2D eigenvalue weighted by atomic mass is 9.73. The Morgan fingerprint density at radius 1 is 0.952 bits per heavy atom. The van der Waals surface area contributed by atoms with Crippen LogP contribution in [0, 0.1) is 6.92 Å². The molecule has 1 aliphatic rings. The van der Waals surface area contributed by atoms with Gasteiger partial charge in [0, 0.05) is 18.3 Å². The number of rotatable bonds is 3. The predicted octanol–water partition coefficient (Wildman–Crippen LogP) is 4.04. The number of carbonyl (C=O) groups is 1. The first kappa shape index (κ1) is 13.9. The van der Waals surface area contributed by atoms with Gasteiger partial charge in [0.1, 0.15) is 11.5 Å². The highest BCUT2D eigenvalue weighted by Gasteiger charge is 2.41. The number of benzene rings is 2. The van der Waals surface area contributed by atoms with Crippen LogP contribution in [0.2, 0.25) is 0 Å². The van der Waals surface area contributed by atoms with Crippen LogP contribution >= 0.6 is 0 Å². The molecule has 0 saturated heterocycles. The molecule has 0 spiro atoms. The highest BCUT2D eigenvalue weighted by atomic mass is 16.5. The molecule has 0 amide bonds. The summed E-state index contributed by atoms with van der Waals surface area (Å²) in [7, 11) is 1.67. The zero-order valence-electron chi connectivity index (χ0n) is 12.6. The topological polar surface area (TPSA) is 26.3 Å². The second-order valence-electron chi connectivity index (χ2n) is 5.89. The second kappa shape index (κ2) is 5.36. The largest absolute Gasteiger partial charge is 0.497 e. The van der Waals surface area contributed by atoms with Crippen LogP contribution in [0.4, 0.5) is 0 Å². The van der Waals surface area contributed by atoms with Gasteiger partial charge in [-0.25, -0.2) is 0 Å². The summed E-state index contributed by atoms with van der Waals surface area (Å²) in [5.41, 5.74) is 3.52. The third-order valence-corrected chi connectivity index (χ3v) is 4.58. The Bertz CT molecular complexity index is 640. The summed E-state index contributed by atoms with van der Waals surface area (Å²) in [5.74, 6) is 1.20. The van der Waals surface area contributed by atoms with Crippen molar-refractivity contribution in [1.29, 1.82) is 0 Å². The van der Waals surface area contributed by atoms with Crippen LogP contribution < -0.4 is 4.74 Å². The highest BCUT2D eigenvalue weighted by Crippen LogP contribution is 2.45. The van der Waals surface area contributed by atoms with E-state index in [0.29, 0.717) is 18.6 Å². The normalized spacial score (nSPS) is 21.5. The molecule has 1 atom stereocenters. The minimum absolute atomic E-state index is 0.170. The molecule has 0 aromatic heterocycles. The Morgan fingerprint density at radius 2 is 1.52 bits per heavy atom. The molecule has 108 valence electrons. The third kappa shape index (κ3) is 2.46. The maximum absolute atomic E-state index is 12.0. The standard InChI is InChI=1S/C19H20O2/c1-14-3-5-15(6-4-14)19(12-11-17(20)13-19)16-7-9-18(21-2)10-8-16/h3-10H,11-13H2,1-2H3/t19-/m0/s1. The number of aryl methyl sites for hydroxylation is 1. The first-order valence-electron chi connectivity index (χ1n) is 7.37. The minimum atomic E-state index is -0.170. The summed E-state index contributed by atoms with van der Waals surface area (Å²) in [6.45, 7) is 2.09. The molecular weight excluding hydrogens is 260 g/mol. The monoisotopic (exact) mass is 280 g/mol. The Kier molecular flexibility index (Phi) is 3.54. The number of methoxy groups -OCH3 is 1. The summed E-state index contributed by atoms with van der Waals surface area (Å²) in [6.07, 6.45) is 2.16. The van der Waals surface area contributed by atoms with Crippen LogP contribution in [0.1, 0.15) is 36.0 Å². The van der Waals surface area contributed by atoms with Crippen molar-refractivity contribution < 1.29 is 9.53 Å². The van der Waals surface area contributed by atoms with Crippen molar-refractivity contribution in [2.75, 3.05) is 7.11 Å². The average Bonchev–Trinajstić information content (AvgIpc) is 2.91. The fourth-order valence-corrected chi connectivity index (χ4v) is 3.31. The molecule has 0 unspecified atom stereocenters. The van der Waals surface area contributed by atoms with Crippen LogP contribution in [-0.4, -0.2) is 12.9 Å². The molecule has 0 bridgehead atoms. The Hall–Kier alpha value is -2.09. The van der Waals surface area contributed by atoms with E-state index in [1.807, 2.05) is 12.1 Å². The van der Waals surface area contributed by atoms with Crippen molar-refractivity contribution in [2.24, 2.45) is 0 Å². The lowest BCUT2D eigenvalue weighted by molar-refractivity contribution is -0.117. The van der Waals surface area contributed by atoms with Crippen molar-refractivity contribution >= 4 is 5.78 Å². The Morgan fingerprint density at radius 3 is 2.00 bits per heavy atom. The number of carbonyl (C=O) groups excluding carboxylic acids is 1. The van der Waals surface area contributed by atoms with Gasteiger partial charge in [0.05, 0.1) is 7.11 Å². The zero-order chi connectivity index (χ0) is 14.9. The second-order valence-corrected chi connectivity index (χ2v) is 5.89. The number of Topliss-reactive ketones (excluding diaryl/α,β-unsaturated/α-hetero) is 1. The van der Waals surface area contributed by atoms with Gasteiger partial charge >= 0.3 is 0 Å². The fraction of sp³-hybridized carbons (Fsp3) is 0.316. The van der Waals surface area contributed by atoms with E-state index in [4.69, 9.17) is 4.74 Å². The average molecular weight is 280 g/mol. The summed E-state index contributed by atoms with van der Waals surface area (Å²) >= 11 is 0. The summed E-state index contributed by atoms with van der Waals surface area (Å²) in [5, 5.41) is 0. The molecule has 1 aliphatic carbocycles. The Balaban J connectivity index is 2.08. The SMILES string of the molecule is COc1ccc([C@@]2(c3ccc(C)cc3)CCC(=O)C2)cc1. The quantitative estimate of drug-likeness (QED) is 0.848. The Labute approximate surface area is 125 Å². The van der Waals surface area contributed by atoms with Crippen LogP contribution in [0.3, 0.4) is 0 Å². The van der Waals surface area contributed by atoms with Crippen molar-refractivity contribution in [1.82, 2.24) is 0 Å². The molecule has 0 heterocycles. The molecule has 1 saturated carbocycles. The van der Waals surface area contributed by atoms with Crippen LogP contribution in [0.15, 0.2) is 48.5 Å². The van der Waals surface area contributed by atoms with E-state index in [1.54, 1.807) is 7.11 Å². The van der Waals surface area contributed by atoms with Gasteiger partial charge in [0.15, 0.2) is 0 Å². The van der Waals surface area contributed by atoms with Gasteiger partial charge in [-0.15, -0.1) is 0 Å². The maximum Gasteiger partial charge on any atom is 0.134 e. The molecule has 2 aromatic rings. The van der Waals surface area contributed by atoms with Crippen molar-refractivity contribution in [3.05, 3.63) is 65.2 Å². The lowest BCUT2D eigenvalue weighted by Crippen LogP contribution is -2.24. The van der Waals surface area contributed by atoms with Crippen molar-refractivity contribution in [2.45, 2.75) is 31.6 Å². The number of hydrogen-bond donors (Lipinski definition) is 0. The molecule has 0 aliphatic heterocycles. The van der Waals surface area contributed by atoms with Gasteiger partial charge in [-0.3, -0.25) is 4.79 Å². The molecule has 0 radical (unpaired) electrons. The summed E-state index contributed by atoms with van der Waals surface area (Å²) in [4.78, 5) is 12.0. The van der Waals surface area contributed by atoms with E-state index >= 15 is 0 Å². The van der Waals surface area contributed by atoms with Gasteiger partial charge in [-0.1, -0.05) is 42.0 Å². The van der Waals surface area contributed by atoms with E-state index in [0.717, 1.165) is 12.2 Å². The summed E-state index contributed by atoms with van der Waals surface area (Å²) in [6, 6.07) is 16.7. The fourth-order valence-electron chi connectivity index (χ4n) is 3.31. The van der Waals surface area contributed by atoms with Crippen molar-refractivity contribution in [3.63, 3.8) is 0 Å². The molecular formula is C19H20O2. The van der Waals surface area contributed by atoms with Gasteiger partial charge in [0.2, 0.25) is 0 Å². The minimum Gasteiger partial charge on any atom is -0.497 e. The van der Waals surface area contributed by atoms with Gasteiger partial charge in [-0.2, -0.15) is 0 Å². The van der Waals surface area contributed by atoms with Crippen LogP contribution in [0.5, 0.6) is 5.75 Å². The van der Waals surface area contributed by atoms with Crippen molar-refractivity contribution in [3.8, 4) is 5.75 Å². The van der Waals surface area contributed by atoms with Gasteiger partial charge < -0.3 is 4.74 Å². The van der Waals surface area contributed by atoms with E-state index in [9.17, 15) is 4.79 Å². The molecule has 2 nitrogen and oxygen atoms in total. The van der Waals surface area contributed by atoms with Gasteiger partial charge in [-0.05, 0) is 36.6 Å². The zero-order valence-corrected chi connectivity index (χ0v) is 12.6. The number of hydrogen-bond acceptors (Lipinski definition) is 2. The highest BCUT2D eigenvalue weighted by molar-refractivity contribution is 5.84. The number of ether oxygens (including phenoxy) is 1. The molecule has 21 heavy (non-hydrogen) atoms. The third-order valence-electron chi connectivity index (χ3n) is 4.58. The van der Waals surface area contributed by atoms with E-state index in [-0.39, 0.29) is 5.41 Å². The molecule has 2 aromatic carbocycles. The smallest absolute Gasteiger partial charge is 0.134 e. The predicted molar refractivity (Wildman–Crippen MR) is 83.8 cm³/mol. The van der Waals surface area contributed by atoms with E-state index in [1.165, 1.54) is 16.7 Å². The molecule has 3 rings (SSSR count). The van der Waals surface area contributed by atoms with E-state index < -0.39 is 0 Å². The first-order chi connectivity index (χ1) is 10.1. The van der Waals surface area contributed by atoms with Gasteiger partial charge in [0.25, 0.3) is 0 Å². The lowest BCUT2D eigenvalue weighted by Gasteiger charge is -2.30. The molecule has 0 N–H and O–H groups in total. The number of ketones is 1. The molecule has 1 fully saturated rings.